The molecule has 0 aromatic heterocycles. The van der Waals surface area contributed by atoms with Crippen LogP contribution in [-0.2, 0) is 0 Å². The summed E-state index contributed by atoms with van der Waals surface area (Å²) in [7, 11) is 0. The predicted octanol–water partition coefficient (Wildman–Crippen LogP) is 4.11. The molecular weight excluding hydrogens is 182 g/mol. The molecule has 0 aliphatic rings. The molecule has 1 aromatic carbocycles. The third-order valence-corrected chi connectivity index (χ3v) is 2.34. The van der Waals surface area contributed by atoms with Crippen LogP contribution in [0.15, 0.2) is 18.2 Å². The van der Waals surface area contributed by atoms with E-state index in [4.69, 9.17) is 0 Å². The standard InChI is InChI=1S/C12H16F2/c1-8(2)6-9(3)10-4-5-11(13)12(14)7-10/h4-5,7-9H,6H2,1-3H3. The van der Waals surface area contributed by atoms with Crippen molar-refractivity contribution >= 4 is 0 Å². The molecule has 0 heterocycles. The van der Waals surface area contributed by atoms with Crippen molar-refractivity contribution in [2.45, 2.75) is 33.1 Å². The lowest BCUT2D eigenvalue weighted by atomic mass is 9.92. The van der Waals surface area contributed by atoms with Gasteiger partial charge in [0.15, 0.2) is 11.6 Å². The van der Waals surface area contributed by atoms with Crippen LogP contribution in [0.2, 0.25) is 0 Å². The van der Waals surface area contributed by atoms with Crippen LogP contribution in [0.1, 0.15) is 38.7 Å². The van der Waals surface area contributed by atoms with E-state index in [2.05, 4.69) is 13.8 Å². The lowest BCUT2D eigenvalue weighted by molar-refractivity contribution is 0.495. The summed E-state index contributed by atoms with van der Waals surface area (Å²) in [4.78, 5) is 0. The van der Waals surface area contributed by atoms with E-state index in [-0.39, 0.29) is 5.92 Å². The van der Waals surface area contributed by atoms with Crippen molar-refractivity contribution < 1.29 is 8.78 Å². The summed E-state index contributed by atoms with van der Waals surface area (Å²) >= 11 is 0. The summed E-state index contributed by atoms with van der Waals surface area (Å²) in [6.45, 7) is 6.28. The molecule has 14 heavy (non-hydrogen) atoms. The van der Waals surface area contributed by atoms with Crippen molar-refractivity contribution in [3.63, 3.8) is 0 Å². The van der Waals surface area contributed by atoms with E-state index in [1.54, 1.807) is 6.07 Å². The maximum absolute atomic E-state index is 12.9. The van der Waals surface area contributed by atoms with E-state index in [0.29, 0.717) is 5.92 Å². The van der Waals surface area contributed by atoms with Gasteiger partial charge in [-0.1, -0.05) is 26.8 Å². The van der Waals surface area contributed by atoms with Gasteiger partial charge in [0.2, 0.25) is 0 Å². The highest BCUT2D eigenvalue weighted by Crippen LogP contribution is 2.24. The first-order valence-electron chi connectivity index (χ1n) is 4.95. The van der Waals surface area contributed by atoms with Crippen LogP contribution in [0, 0.1) is 17.6 Å². The van der Waals surface area contributed by atoms with Crippen molar-refractivity contribution in [2.75, 3.05) is 0 Å². The Morgan fingerprint density at radius 2 is 1.71 bits per heavy atom. The molecule has 0 aliphatic carbocycles. The quantitative estimate of drug-likeness (QED) is 0.685. The highest BCUT2D eigenvalue weighted by molar-refractivity contribution is 5.21. The van der Waals surface area contributed by atoms with Gasteiger partial charge in [-0.25, -0.2) is 8.78 Å². The first kappa shape index (κ1) is 11.2. The zero-order chi connectivity index (χ0) is 10.7. The van der Waals surface area contributed by atoms with E-state index >= 15 is 0 Å². The van der Waals surface area contributed by atoms with Gasteiger partial charge in [-0.2, -0.15) is 0 Å². The maximum Gasteiger partial charge on any atom is 0.159 e. The van der Waals surface area contributed by atoms with Crippen LogP contribution in [0.25, 0.3) is 0 Å². The summed E-state index contributed by atoms with van der Waals surface area (Å²) in [5.74, 6) is -0.674. The van der Waals surface area contributed by atoms with Crippen LogP contribution in [0.3, 0.4) is 0 Å². The Kier molecular flexibility index (Phi) is 3.62. The zero-order valence-electron chi connectivity index (χ0n) is 8.85. The lowest BCUT2D eigenvalue weighted by Gasteiger charge is -2.14. The number of rotatable bonds is 3. The summed E-state index contributed by atoms with van der Waals surface area (Å²) in [6, 6.07) is 4.15. The smallest absolute Gasteiger partial charge is 0.159 e. The fraction of sp³-hybridized carbons (Fsp3) is 0.500. The Bertz CT molecular complexity index is 305. The van der Waals surface area contributed by atoms with Gasteiger partial charge < -0.3 is 0 Å². The molecule has 1 atom stereocenters. The topological polar surface area (TPSA) is 0 Å². The fourth-order valence-corrected chi connectivity index (χ4v) is 1.66. The summed E-state index contributed by atoms with van der Waals surface area (Å²) < 4.78 is 25.6. The third kappa shape index (κ3) is 2.79. The molecule has 0 bridgehead atoms. The molecule has 0 saturated carbocycles. The second kappa shape index (κ2) is 4.54. The zero-order valence-corrected chi connectivity index (χ0v) is 8.85. The molecule has 0 aliphatic heterocycles. The second-order valence-corrected chi connectivity index (χ2v) is 4.20. The van der Waals surface area contributed by atoms with E-state index in [0.717, 1.165) is 12.0 Å². The van der Waals surface area contributed by atoms with Gasteiger partial charge in [0.05, 0.1) is 0 Å². The normalized spacial score (nSPS) is 13.3. The summed E-state index contributed by atoms with van der Waals surface area (Å²) in [6.07, 6.45) is 0.991. The second-order valence-electron chi connectivity index (χ2n) is 4.20. The van der Waals surface area contributed by atoms with Crippen molar-refractivity contribution in [3.8, 4) is 0 Å². The van der Waals surface area contributed by atoms with Gasteiger partial charge in [-0.15, -0.1) is 0 Å². The average molecular weight is 198 g/mol. The molecule has 1 aromatic rings. The Hall–Kier alpha value is -0.920. The minimum absolute atomic E-state index is 0.282. The molecule has 0 N–H and O–H groups in total. The minimum atomic E-state index is -0.773. The Balaban J connectivity index is 2.80. The Morgan fingerprint density at radius 3 is 2.21 bits per heavy atom. The van der Waals surface area contributed by atoms with E-state index in [1.807, 2.05) is 6.92 Å². The largest absolute Gasteiger partial charge is 0.204 e. The van der Waals surface area contributed by atoms with Crippen molar-refractivity contribution in [1.82, 2.24) is 0 Å². The lowest BCUT2D eigenvalue weighted by Crippen LogP contribution is -2.00. The van der Waals surface area contributed by atoms with Crippen LogP contribution >= 0.6 is 0 Å². The molecule has 2 heteroatoms. The predicted molar refractivity (Wildman–Crippen MR) is 54.2 cm³/mol. The number of hydrogen-bond acceptors (Lipinski definition) is 0. The maximum atomic E-state index is 12.9. The summed E-state index contributed by atoms with van der Waals surface area (Å²) in [5, 5.41) is 0. The number of benzene rings is 1. The minimum Gasteiger partial charge on any atom is -0.204 e. The van der Waals surface area contributed by atoms with E-state index in [1.165, 1.54) is 12.1 Å². The first-order valence-corrected chi connectivity index (χ1v) is 4.95. The SMILES string of the molecule is CC(C)CC(C)c1ccc(F)c(F)c1. The average Bonchev–Trinajstić information content (AvgIpc) is 2.08. The van der Waals surface area contributed by atoms with Gasteiger partial charge in [0.25, 0.3) is 0 Å². The van der Waals surface area contributed by atoms with Gasteiger partial charge in [0, 0.05) is 0 Å². The molecule has 1 rings (SSSR count). The van der Waals surface area contributed by atoms with Crippen LogP contribution < -0.4 is 0 Å². The Labute approximate surface area is 84.0 Å². The van der Waals surface area contributed by atoms with Gasteiger partial charge in [-0.3, -0.25) is 0 Å². The molecule has 0 amide bonds. The van der Waals surface area contributed by atoms with E-state index in [9.17, 15) is 8.78 Å². The van der Waals surface area contributed by atoms with Crippen LogP contribution in [0.5, 0.6) is 0 Å². The van der Waals surface area contributed by atoms with Gasteiger partial charge >= 0.3 is 0 Å². The fourth-order valence-electron chi connectivity index (χ4n) is 1.66. The molecule has 0 spiro atoms. The van der Waals surface area contributed by atoms with Crippen molar-refractivity contribution in [1.29, 1.82) is 0 Å². The molecule has 0 saturated heterocycles. The Morgan fingerprint density at radius 1 is 1.07 bits per heavy atom. The van der Waals surface area contributed by atoms with E-state index < -0.39 is 11.6 Å². The van der Waals surface area contributed by atoms with Crippen molar-refractivity contribution in [2.24, 2.45) is 5.92 Å². The molecule has 0 fully saturated rings. The van der Waals surface area contributed by atoms with Gasteiger partial charge in [0.1, 0.15) is 0 Å². The number of hydrogen-bond donors (Lipinski definition) is 0. The molecule has 0 radical (unpaired) electrons. The molecule has 78 valence electrons. The molecule has 0 nitrogen and oxygen atoms in total. The van der Waals surface area contributed by atoms with Crippen LogP contribution in [-0.4, -0.2) is 0 Å². The molecule has 1 unspecified atom stereocenters. The van der Waals surface area contributed by atoms with Gasteiger partial charge in [-0.05, 0) is 36.0 Å². The highest BCUT2D eigenvalue weighted by atomic mass is 19.2. The number of halogens is 2. The summed E-state index contributed by atoms with van der Waals surface area (Å²) in [5.41, 5.74) is 0.873. The monoisotopic (exact) mass is 198 g/mol. The highest BCUT2D eigenvalue weighted by Gasteiger charge is 2.10. The van der Waals surface area contributed by atoms with Crippen LogP contribution in [0.4, 0.5) is 8.78 Å². The first-order chi connectivity index (χ1) is 6.50. The van der Waals surface area contributed by atoms with Crippen molar-refractivity contribution in [3.05, 3.63) is 35.4 Å². The third-order valence-electron chi connectivity index (χ3n) is 2.34. The molecular formula is C12H16F2.